The molecule has 0 spiro atoms. The minimum absolute atomic E-state index is 0.102. The van der Waals surface area contributed by atoms with E-state index in [1.54, 1.807) is 12.2 Å². The largest absolute Gasteiger partial charge is 0.454 e. The highest BCUT2D eigenvalue weighted by Crippen LogP contribution is 2.32. The van der Waals surface area contributed by atoms with Crippen molar-refractivity contribution in [1.29, 1.82) is 0 Å². The van der Waals surface area contributed by atoms with Crippen LogP contribution in [0.3, 0.4) is 0 Å². The Hall–Kier alpha value is -2.23. The number of likely N-dealkylation sites (tertiary alicyclic amines) is 1. The Morgan fingerprint density at radius 3 is 2.71 bits per heavy atom. The highest BCUT2D eigenvalue weighted by atomic mass is 16.7. The van der Waals surface area contributed by atoms with Gasteiger partial charge in [0, 0.05) is 19.2 Å². The number of carbonyl (C=O) groups is 1. The average molecular weight is 285 g/mol. The second-order valence-corrected chi connectivity index (χ2v) is 5.22. The molecule has 4 heteroatoms. The lowest BCUT2D eigenvalue weighted by Crippen LogP contribution is -2.34. The summed E-state index contributed by atoms with van der Waals surface area (Å²) < 4.78 is 10.6. The number of hydrogen-bond acceptors (Lipinski definition) is 3. The quantitative estimate of drug-likeness (QED) is 0.633. The lowest BCUT2D eigenvalue weighted by molar-refractivity contribution is -0.126. The molecule has 0 aromatic heterocycles. The molecule has 1 saturated heterocycles. The molecule has 0 atom stereocenters. The lowest BCUT2D eigenvalue weighted by Gasteiger charge is -2.25. The highest BCUT2D eigenvalue weighted by molar-refractivity contribution is 5.88. The van der Waals surface area contributed by atoms with Crippen LogP contribution in [0.1, 0.15) is 24.8 Å². The van der Waals surface area contributed by atoms with Crippen molar-refractivity contribution in [2.45, 2.75) is 19.3 Å². The van der Waals surface area contributed by atoms with Gasteiger partial charge in [-0.25, -0.2) is 0 Å². The van der Waals surface area contributed by atoms with Crippen LogP contribution in [0.5, 0.6) is 11.5 Å². The Bertz CT molecular complexity index is 571. The van der Waals surface area contributed by atoms with Crippen LogP contribution in [0, 0.1) is 0 Å². The molecule has 21 heavy (non-hydrogen) atoms. The van der Waals surface area contributed by atoms with Crippen LogP contribution in [-0.2, 0) is 4.79 Å². The van der Waals surface area contributed by atoms with Gasteiger partial charge >= 0.3 is 0 Å². The van der Waals surface area contributed by atoms with Crippen molar-refractivity contribution in [1.82, 2.24) is 4.90 Å². The number of nitrogens with zero attached hydrogens (tertiary/aromatic N) is 1. The molecule has 1 aromatic rings. The molecule has 0 N–H and O–H groups in total. The topological polar surface area (TPSA) is 38.8 Å². The Morgan fingerprint density at radius 1 is 1.05 bits per heavy atom. The summed E-state index contributed by atoms with van der Waals surface area (Å²) in [6, 6.07) is 5.79. The molecule has 2 heterocycles. The summed E-state index contributed by atoms with van der Waals surface area (Å²) >= 11 is 0. The molecule has 3 rings (SSSR count). The van der Waals surface area contributed by atoms with Gasteiger partial charge in [0.05, 0.1) is 0 Å². The zero-order valence-electron chi connectivity index (χ0n) is 12.0. The SMILES string of the molecule is O=C(C=C/C=C/c1ccc2c(c1)OCO2)N1CCCCC1. The maximum atomic E-state index is 11.9. The number of ether oxygens (including phenoxy) is 2. The first kappa shape index (κ1) is 13.7. The first-order chi connectivity index (χ1) is 10.3. The molecule has 0 aliphatic carbocycles. The minimum Gasteiger partial charge on any atom is -0.454 e. The maximum Gasteiger partial charge on any atom is 0.246 e. The molecule has 0 bridgehead atoms. The van der Waals surface area contributed by atoms with Crippen LogP contribution in [0.15, 0.2) is 36.4 Å². The summed E-state index contributed by atoms with van der Waals surface area (Å²) in [5, 5.41) is 0. The van der Waals surface area contributed by atoms with Crippen LogP contribution in [0.4, 0.5) is 0 Å². The van der Waals surface area contributed by atoms with Crippen molar-refractivity contribution in [2.24, 2.45) is 0 Å². The summed E-state index contributed by atoms with van der Waals surface area (Å²) in [6.07, 6.45) is 10.7. The number of fused-ring (bicyclic) bond motifs is 1. The zero-order chi connectivity index (χ0) is 14.5. The van der Waals surface area contributed by atoms with Crippen molar-refractivity contribution in [2.75, 3.05) is 19.9 Å². The second kappa shape index (κ2) is 6.48. The predicted octanol–water partition coefficient (Wildman–Crippen LogP) is 3.00. The van der Waals surface area contributed by atoms with Crippen LogP contribution in [-0.4, -0.2) is 30.7 Å². The van der Waals surface area contributed by atoms with E-state index in [1.165, 1.54) is 6.42 Å². The molecule has 4 nitrogen and oxygen atoms in total. The van der Waals surface area contributed by atoms with E-state index in [-0.39, 0.29) is 12.7 Å². The van der Waals surface area contributed by atoms with Crippen LogP contribution in [0.2, 0.25) is 0 Å². The van der Waals surface area contributed by atoms with E-state index in [0.29, 0.717) is 0 Å². The molecular formula is C17H19NO3. The molecule has 0 saturated carbocycles. The third-order valence-corrected chi connectivity index (χ3v) is 3.70. The molecule has 2 aliphatic rings. The number of benzene rings is 1. The maximum absolute atomic E-state index is 11.9. The number of hydrogen-bond donors (Lipinski definition) is 0. The van der Waals surface area contributed by atoms with Gasteiger partial charge < -0.3 is 14.4 Å². The highest BCUT2D eigenvalue weighted by Gasteiger charge is 2.13. The Kier molecular flexibility index (Phi) is 4.24. The van der Waals surface area contributed by atoms with Gasteiger partial charge in [-0.3, -0.25) is 4.79 Å². The van der Waals surface area contributed by atoms with E-state index in [1.807, 2.05) is 35.3 Å². The third-order valence-electron chi connectivity index (χ3n) is 3.70. The van der Waals surface area contributed by atoms with E-state index in [2.05, 4.69) is 0 Å². The molecule has 110 valence electrons. The summed E-state index contributed by atoms with van der Waals surface area (Å²) in [4.78, 5) is 13.8. The molecule has 0 unspecified atom stereocenters. The van der Waals surface area contributed by atoms with E-state index >= 15 is 0 Å². The number of piperidine rings is 1. The van der Waals surface area contributed by atoms with E-state index in [0.717, 1.165) is 43.0 Å². The summed E-state index contributed by atoms with van der Waals surface area (Å²) in [7, 11) is 0. The summed E-state index contributed by atoms with van der Waals surface area (Å²) in [6.45, 7) is 2.05. The van der Waals surface area contributed by atoms with Gasteiger partial charge in [-0.2, -0.15) is 0 Å². The Balaban J connectivity index is 1.56. The van der Waals surface area contributed by atoms with E-state index < -0.39 is 0 Å². The number of amides is 1. The van der Waals surface area contributed by atoms with Gasteiger partial charge in [-0.1, -0.05) is 24.3 Å². The van der Waals surface area contributed by atoms with Crippen LogP contribution >= 0.6 is 0 Å². The second-order valence-electron chi connectivity index (χ2n) is 5.22. The molecule has 2 aliphatic heterocycles. The molecule has 1 amide bonds. The monoisotopic (exact) mass is 285 g/mol. The van der Waals surface area contributed by atoms with Gasteiger partial charge in [0.1, 0.15) is 0 Å². The Labute approximate surface area is 124 Å². The lowest BCUT2D eigenvalue weighted by atomic mass is 10.1. The van der Waals surface area contributed by atoms with Crippen LogP contribution < -0.4 is 9.47 Å². The van der Waals surface area contributed by atoms with Gasteiger partial charge in [-0.05, 0) is 37.0 Å². The third kappa shape index (κ3) is 3.45. The van der Waals surface area contributed by atoms with E-state index in [4.69, 9.17) is 9.47 Å². The van der Waals surface area contributed by atoms with Crippen LogP contribution in [0.25, 0.3) is 6.08 Å². The van der Waals surface area contributed by atoms with Gasteiger partial charge in [0.2, 0.25) is 12.7 Å². The van der Waals surface area contributed by atoms with Crippen molar-refractivity contribution in [3.8, 4) is 11.5 Å². The van der Waals surface area contributed by atoms with Crippen molar-refractivity contribution < 1.29 is 14.3 Å². The summed E-state index contributed by atoms with van der Waals surface area (Å²) in [5.41, 5.74) is 1.02. The zero-order valence-corrected chi connectivity index (χ0v) is 12.0. The smallest absolute Gasteiger partial charge is 0.246 e. The fourth-order valence-electron chi connectivity index (χ4n) is 2.54. The van der Waals surface area contributed by atoms with Crippen molar-refractivity contribution in [3.63, 3.8) is 0 Å². The first-order valence-corrected chi connectivity index (χ1v) is 7.36. The Morgan fingerprint density at radius 2 is 1.86 bits per heavy atom. The number of rotatable bonds is 3. The summed E-state index contributed by atoms with van der Waals surface area (Å²) in [5.74, 6) is 1.65. The van der Waals surface area contributed by atoms with Gasteiger partial charge in [-0.15, -0.1) is 0 Å². The van der Waals surface area contributed by atoms with Crippen molar-refractivity contribution >= 4 is 12.0 Å². The number of allylic oxidation sites excluding steroid dienone is 2. The molecule has 1 aromatic carbocycles. The molecule has 1 fully saturated rings. The van der Waals surface area contributed by atoms with Gasteiger partial charge in [0.25, 0.3) is 0 Å². The van der Waals surface area contributed by atoms with Gasteiger partial charge in [0.15, 0.2) is 11.5 Å². The number of carbonyl (C=O) groups excluding carboxylic acids is 1. The van der Waals surface area contributed by atoms with E-state index in [9.17, 15) is 4.79 Å². The fraction of sp³-hybridized carbons (Fsp3) is 0.353. The average Bonchev–Trinajstić information content (AvgIpc) is 3.00. The standard InChI is InChI=1S/C17H19NO3/c19-17(18-10-4-1-5-11-18)7-3-2-6-14-8-9-15-16(12-14)21-13-20-15/h2-3,6-9,12H,1,4-5,10-11,13H2/b6-2+,7-3?. The van der Waals surface area contributed by atoms with Crippen molar-refractivity contribution in [3.05, 3.63) is 42.0 Å². The normalized spacial score (nSPS) is 17.8. The molecular weight excluding hydrogens is 266 g/mol. The minimum atomic E-state index is 0.102. The first-order valence-electron chi connectivity index (χ1n) is 7.36. The predicted molar refractivity (Wildman–Crippen MR) is 81.2 cm³/mol. The fourth-order valence-corrected chi connectivity index (χ4v) is 2.54. The molecule has 0 radical (unpaired) electrons.